The SMILES string of the molecule is O=S(=O)(CC1CCNCC1)Nc1ccsc1. The van der Waals surface area contributed by atoms with Gasteiger partial charge in [0.1, 0.15) is 0 Å². The van der Waals surface area contributed by atoms with Crippen molar-refractivity contribution in [1.29, 1.82) is 0 Å². The first-order valence-electron chi connectivity index (χ1n) is 5.39. The molecule has 1 aromatic heterocycles. The van der Waals surface area contributed by atoms with Crippen LogP contribution in [0.15, 0.2) is 16.8 Å². The summed E-state index contributed by atoms with van der Waals surface area (Å²) in [5.41, 5.74) is 0.680. The van der Waals surface area contributed by atoms with Gasteiger partial charge in [-0.3, -0.25) is 4.72 Å². The molecule has 1 aromatic rings. The maximum atomic E-state index is 11.8. The van der Waals surface area contributed by atoms with Crippen molar-refractivity contribution in [3.63, 3.8) is 0 Å². The molecule has 6 heteroatoms. The summed E-state index contributed by atoms with van der Waals surface area (Å²) >= 11 is 1.49. The minimum absolute atomic E-state index is 0.241. The molecule has 2 rings (SSSR count). The van der Waals surface area contributed by atoms with Crippen LogP contribution in [0.4, 0.5) is 5.69 Å². The van der Waals surface area contributed by atoms with Crippen LogP contribution >= 0.6 is 11.3 Å². The summed E-state index contributed by atoms with van der Waals surface area (Å²) in [4.78, 5) is 0. The molecule has 1 saturated heterocycles. The zero-order chi connectivity index (χ0) is 11.4. The van der Waals surface area contributed by atoms with E-state index in [9.17, 15) is 8.42 Å². The van der Waals surface area contributed by atoms with E-state index in [1.807, 2.05) is 5.38 Å². The fourth-order valence-corrected chi connectivity index (χ4v) is 4.09. The molecule has 1 fully saturated rings. The average molecular weight is 260 g/mol. The number of anilines is 1. The first kappa shape index (κ1) is 11.9. The monoisotopic (exact) mass is 260 g/mol. The molecular weight excluding hydrogens is 244 g/mol. The Bertz CT molecular complexity index is 408. The molecule has 0 unspecified atom stereocenters. The Labute approximate surface area is 100 Å². The molecule has 16 heavy (non-hydrogen) atoms. The van der Waals surface area contributed by atoms with Crippen molar-refractivity contribution in [2.45, 2.75) is 12.8 Å². The third-order valence-electron chi connectivity index (χ3n) is 2.71. The van der Waals surface area contributed by atoms with Gasteiger partial charge in [0.25, 0.3) is 0 Å². The van der Waals surface area contributed by atoms with Gasteiger partial charge >= 0.3 is 0 Å². The number of piperidine rings is 1. The fraction of sp³-hybridized carbons (Fsp3) is 0.600. The molecule has 0 radical (unpaired) electrons. The van der Waals surface area contributed by atoms with Crippen LogP contribution in [0.1, 0.15) is 12.8 Å². The van der Waals surface area contributed by atoms with E-state index in [0.29, 0.717) is 5.69 Å². The van der Waals surface area contributed by atoms with Gasteiger partial charge in [0.15, 0.2) is 0 Å². The normalized spacial score (nSPS) is 18.5. The van der Waals surface area contributed by atoms with Crippen LogP contribution in [0.5, 0.6) is 0 Å². The van der Waals surface area contributed by atoms with E-state index in [1.54, 1.807) is 11.4 Å². The Kier molecular flexibility index (Phi) is 3.83. The largest absolute Gasteiger partial charge is 0.317 e. The summed E-state index contributed by atoms with van der Waals surface area (Å²) in [6.07, 6.45) is 1.90. The smallest absolute Gasteiger partial charge is 0.233 e. The third-order valence-corrected chi connectivity index (χ3v) is 4.85. The van der Waals surface area contributed by atoms with Crippen LogP contribution < -0.4 is 10.0 Å². The summed E-state index contributed by atoms with van der Waals surface area (Å²) < 4.78 is 26.3. The first-order chi connectivity index (χ1) is 7.66. The van der Waals surface area contributed by atoms with Crippen molar-refractivity contribution in [2.24, 2.45) is 5.92 Å². The van der Waals surface area contributed by atoms with Crippen LogP contribution in [0.2, 0.25) is 0 Å². The molecule has 0 amide bonds. The Morgan fingerprint density at radius 3 is 2.81 bits per heavy atom. The first-order valence-corrected chi connectivity index (χ1v) is 7.99. The van der Waals surface area contributed by atoms with Crippen LogP contribution in [0, 0.1) is 5.92 Å². The predicted molar refractivity (Wildman–Crippen MR) is 67.3 cm³/mol. The molecule has 4 nitrogen and oxygen atoms in total. The molecule has 0 bridgehead atoms. The number of hydrogen-bond donors (Lipinski definition) is 2. The van der Waals surface area contributed by atoms with Gasteiger partial charge in [0.05, 0.1) is 11.4 Å². The van der Waals surface area contributed by atoms with Crippen molar-refractivity contribution < 1.29 is 8.42 Å². The van der Waals surface area contributed by atoms with Gasteiger partial charge in [0, 0.05) is 5.38 Å². The minimum atomic E-state index is -3.18. The van der Waals surface area contributed by atoms with E-state index in [4.69, 9.17) is 0 Å². The molecule has 0 aliphatic carbocycles. The maximum Gasteiger partial charge on any atom is 0.233 e. The standard InChI is InChI=1S/C10H16N2O2S2/c13-16(14,12-10-3-6-15-7-10)8-9-1-4-11-5-2-9/h3,6-7,9,11-12H,1-2,4-5,8H2. The lowest BCUT2D eigenvalue weighted by Gasteiger charge is -2.22. The van der Waals surface area contributed by atoms with E-state index < -0.39 is 10.0 Å². The maximum absolute atomic E-state index is 11.8. The van der Waals surface area contributed by atoms with Gasteiger partial charge in [0.2, 0.25) is 10.0 Å². The van der Waals surface area contributed by atoms with Crippen molar-refractivity contribution in [1.82, 2.24) is 5.32 Å². The summed E-state index contributed by atoms with van der Waals surface area (Å²) in [6, 6.07) is 1.78. The lowest BCUT2D eigenvalue weighted by Crippen LogP contribution is -2.32. The number of sulfonamides is 1. The molecule has 2 heterocycles. The van der Waals surface area contributed by atoms with Gasteiger partial charge in [-0.2, -0.15) is 11.3 Å². The third kappa shape index (κ3) is 3.47. The van der Waals surface area contributed by atoms with Gasteiger partial charge < -0.3 is 5.32 Å². The molecular formula is C10H16N2O2S2. The number of hydrogen-bond acceptors (Lipinski definition) is 4. The van der Waals surface area contributed by atoms with Crippen molar-refractivity contribution >= 4 is 27.0 Å². The minimum Gasteiger partial charge on any atom is -0.317 e. The molecule has 0 saturated carbocycles. The van der Waals surface area contributed by atoms with E-state index in [-0.39, 0.29) is 11.7 Å². The lowest BCUT2D eigenvalue weighted by molar-refractivity contribution is 0.402. The van der Waals surface area contributed by atoms with Gasteiger partial charge in [-0.1, -0.05) is 0 Å². The molecule has 0 spiro atoms. The topological polar surface area (TPSA) is 58.2 Å². The highest BCUT2D eigenvalue weighted by Crippen LogP contribution is 2.18. The molecule has 1 aliphatic heterocycles. The highest BCUT2D eigenvalue weighted by molar-refractivity contribution is 7.92. The lowest BCUT2D eigenvalue weighted by atomic mass is 10.0. The summed E-state index contributed by atoms with van der Waals surface area (Å²) in [7, 11) is -3.18. The van der Waals surface area contributed by atoms with Crippen LogP contribution in [0.3, 0.4) is 0 Å². The molecule has 1 aliphatic rings. The molecule has 2 N–H and O–H groups in total. The highest BCUT2D eigenvalue weighted by atomic mass is 32.2. The zero-order valence-corrected chi connectivity index (χ0v) is 10.6. The quantitative estimate of drug-likeness (QED) is 0.862. The summed E-state index contributed by atoms with van der Waals surface area (Å²) in [5, 5.41) is 6.90. The van der Waals surface area contributed by atoms with Crippen LogP contribution in [-0.4, -0.2) is 27.3 Å². The Morgan fingerprint density at radius 1 is 1.44 bits per heavy atom. The Hall–Kier alpha value is -0.590. The van der Waals surface area contributed by atoms with Crippen LogP contribution in [0.25, 0.3) is 0 Å². The zero-order valence-electron chi connectivity index (χ0n) is 8.98. The van der Waals surface area contributed by atoms with E-state index in [0.717, 1.165) is 25.9 Å². The van der Waals surface area contributed by atoms with Crippen LogP contribution in [-0.2, 0) is 10.0 Å². The van der Waals surface area contributed by atoms with Gasteiger partial charge in [-0.05, 0) is 43.3 Å². The summed E-state index contributed by atoms with van der Waals surface area (Å²) in [5.74, 6) is 0.530. The second-order valence-electron chi connectivity index (χ2n) is 4.09. The van der Waals surface area contributed by atoms with Crippen molar-refractivity contribution in [3.8, 4) is 0 Å². The average Bonchev–Trinajstić information content (AvgIpc) is 2.70. The van der Waals surface area contributed by atoms with Gasteiger partial charge in [-0.25, -0.2) is 8.42 Å². The second-order valence-corrected chi connectivity index (χ2v) is 6.64. The van der Waals surface area contributed by atoms with E-state index in [2.05, 4.69) is 10.0 Å². The van der Waals surface area contributed by atoms with Crippen molar-refractivity contribution in [3.05, 3.63) is 16.8 Å². The Morgan fingerprint density at radius 2 is 2.19 bits per heavy atom. The second kappa shape index (κ2) is 5.16. The van der Waals surface area contributed by atoms with E-state index in [1.165, 1.54) is 11.3 Å². The van der Waals surface area contributed by atoms with Crippen molar-refractivity contribution in [2.75, 3.05) is 23.6 Å². The number of nitrogens with one attached hydrogen (secondary N) is 2. The Balaban J connectivity index is 1.92. The predicted octanol–water partition coefficient (Wildman–Crippen LogP) is 1.49. The number of thiophene rings is 1. The molecule has 0 aromatic carbocycles. The molecule has 90 valence electrons. The molecule has 0 atom stereocenters. The summed E-state index contributed by atoms with van der Waals surface area (Å²) in [6.45, 7) is 1.86. The highest BCUT2D eigenvalue weighted by Gasteiger charge is 2.21. The number of rotatable bonds is 4. The van der Waals surface area contributed by atoms with E-state index >= 15 is 0 Å². The fourth-order valence-electron chi connectivity index (χ4n) is 1.90. The van der Waals surface area contributed by atoms with Gasteiger partial charge in [-0.15, -0.1) is 0 Å².